The lowest BCUT2D eigenvalue weighted by Gasteiger charge is -2.32. The molecule has 2 aliphatic heterocycles. The fraction of sp³-hybridized carbons (Fsp3) is 0.923. The molecule has 1 unspecified atom stereocenters. The Hall–Kier alpha value is -0.320. The number of rotatable bonds is 5. The van der Waals surface area contributed by atoms with Crippen LogP contribution in [0.5, 0.6) is 0 Å². The Labute approximate surface area is 114 Å². The molecule has 0 aliphatic carbocycles. The fourth-order valence-corrected chi connectivity index (χ4v) is 2.93. The molecule has 0 radical (unpaired) electrons. The van der Waals surface area contributed by atoms with Crippen LogP contribution in [0, 0.1) is 0 Å². The topological polar surface area (TPSA) is 32.8 Å². The van der Waals surface area contributed by atoms with Crippen LogP contribution in [-0.2, 0) is 9.53 Å². The van der Waals surface area contributed by atoms with Gasteiger partial charge in [0.25, 0.3) is 0 Å². The molecule has 18 heavy (non-hydrogen) atoms. The summed E-state index contributed by atoms with van der Waals surface area (Å²) in [6.07, 6.45) is 3.62. The molecule has 104 valence electrons. The summed E-state index contributed by atoms with van der Waals surface area (Å²) in [7, 11) is 0. The van der Waals surface area contributed by atoms with Crippen molar-refractivity contribution in [1.82, 2.24) is 9.80 Å². The van der Waals surface area contributed by atoms with E-state index < -0.39 is 0 Å². The van der Waals surface area contributed by atoms with Crippen LogP contribution >= 0.6 is 11.6 Å². The molecule has 2 aliphatic rings. The third-order valence-corrected chi connectivity index (χ3v) is 4.12. The molecule has 0 N–H and O–H groups in total. The van der Waals surface area contributed by atoms with E-state index in [2.05, 4.69) is 4.90 Å². The van der Waals surface area contributed by atoms with Gasteiger partial charge in [-0.3, -0.25) is 9.69 Å². The van der Waals surface area contributed by atoms with Gasteiger partial charge in [0.05, 0.1) is 13.2 Å². The van der Waals surface area contributed by atoms with E-state index in [-0.39, 0.29) is 0 Å². The number of amides is 1. The second-order valence-corrected chi connectivity index (χ2v) is 5.45. The number of likely N-dealkylation sites (tertiary alicyclic amines) is 1. The zero-order valence-corrected chi connectivity index (χ0v) is 11.7. The molecule has 2 fully saturated rings. The zero-order chi connectivity index (χ0) is 12.8. The van der Waals surface area contributed by atoms with Crippen molar-refractivity contribution in [3.63, 3.8) is 0 Å². The summed E-state index contributed by atoms with van der Waals surface area (Å²) in [5, 5.41) is 0. The molecule has 2 heterocycles. The van der Waals surface area contributed by atoms with Crippen LogP contribution in [0.4, 0.5) is 0 Å². The van der Waals surface area contributed by atoms with Gasteiger partial charge in [0.15, 0.2) is 0 Å². The number of unbranched alkanes of at least 4 members (excludes halogenated alkanes) is 1. The highest BCUT2D eigenvalue weighted by molar-refractivity contribution is 6.17. The largest absolute Gasteiger partial charge is 0.379 e. The highest BCUT2D eigenvalue weighted by Gasteiger charge is 2.30. The van der Waals surface area contributed by atoms with Crippen molar-refractivity contribution in [1.29, 1.82) is 0 Å². The Bertz CT molecular complexity index is 270. The van der Waals surface area contributed by atoms with Crippen molar-refractivity contribution in [2.75, 3.05) is 45.3 Å². The highest BCUT2D eigenvalue weighted by Crippen LogP contribution is 2.18. The molecule has 1 atom stereocenters. The number of carbonyl (C=O) groups is 1. The van der Waals surface area contributed by atoms with Crippen molar-refractivity contribution in [3.8, 4) is 0 Å². The molecule has 0 aromatic carbocycles. The SMILES string of the molecule is O=C(CCCCCl)N1CCC(N2CCOCC2)C1. The standard InChI is InChI=1S/C13H23ClN2O2/c14-5-2-1-3-13(17)16-6-4-12(11-16)15-7-9-18-10-8-15/h12H,1-11H2. The number of morpholine rings is 1. The summed E-state index contributed by atoms with van der Waals surface area (Å²) in [5.74, 6) is 0.958. The van der Waals surface area contributed by atoms with Crippen molar-refractivity contribution >= 4 is 17.5 Å². The zero-order valence-electron chi connectivity index (χ0n) is 10.9. The Morgan fingerprint density at radius 3 is 2.72 bits per heavy atom. The number of hydrogen-bond acceptors (Lipinski definition) is 3. The van der Waals surface area contributed by atoms with Crippen LogP contribution in [0.1, 0.15) is 25.7 Å². The normalized spacial score (nSPS) is 25.6. The maximum atomic E-state index is 12.0. The summed E-state index contributed by atoms with van der Waals surface area (Å²) in [6, 6.07) is 0.547. The second-order valence-electron chi connectivity index (χ2n) is 5.08. The molecule has 0 aromatic heterocycles. The van der Waals surface area contributed by atoms with Crippen molar-refractivity contribution in [2.24, 2.45) is 0 Å². The number of ether oxygens (including phenoxy) is 1. The van der Waals surface area contributed by atoms with Crippen LogP contribution in [-0.4, -0.2) is 67.0 Å². The fourth-order valence-electron chi connectivity index (χ4n) is 2.74. The van der Waals surface area contributed by atoms with E-state index in [1.54, 1.807) is 0 Å². The number of alkyl halides is 1. The first-order chi connectivity index (χ1) is 8.81. The number of hydrogen-bond donors (Lipinski definition) is 0. The number of carbonyl (C=O) groups excluding carboxylic acids is 1. The second kappa shape index (κ2) is 7.31. The van der Waals surface area contributed by atoms with Gasteiger partial charge in [-0.25, -0.2) is 0 Å². The van der Waals surface area contributed by atoms with Gasteiger partial charge < -0.3 is 9.64 Å². The molecule has 5 heteroatoms. The van der Waals surface area contributed by atoms with Crippen molar-refractivity contribution in [2.45, 2.75) is 31.7 Å². The van der Waals surface area contributed by atoms with E-state index in [0.29, 0.717) is 24.2 Å². The maximum absolute atomic E-state index is 12.0. The van der Waals surface area contributed by atoms with E-state index in [4.69, 9.17) is 16.3 Å². The predicted octanol–water partition coefficient (Wildman–Crippen LogP) is 1.33. The third kappa shape index (κ3) is 3.84. The van der Waals surface area contributed by atoms with Gasteiger partial charge >= 0.3 is 0 Å². The van der Waals surface area contributed by atoms with Crippen LogP contribution in [0.3, 0.4) is 0 Å². The molecule has 0 saturated carbocycles. The molecule has 0 spiro atoms. The molecule has 2 saturated heterocycles. The van der Waals surface area contributed by atoms with Gasteiger partial charge in [0.2, 0.25) is 5.91 Å². The number of nitrogens with zero attached hydrogens (tertiary/aromatic N) is 2. The number of halogens is 1. The summed E-state index contributed by atoms with van der Waals surface area (Å²) >= 11 is 5.63. The van der Waals surface area contributed by atoms with Gasteiger partial charge in [-0.1, -0.05) is 0 Å². The van der Waals surface area contributed by atoms with E-state index in [1.165, 1.54) is 0 Å². The minimum Gasteiger partial charge on any atom is -0.379 e. The average molecular weight is 275 g/mol. The Morgan fingerprint density at radius 2 is 2.00 bits per heavy atom. The third-order valence-electron chi connectivity index (χ3n) is 3.85. The van der Waals surface area contributed by atoms with Crippen LogP contribution in [0.2, 0.25) is 0 Å². The van der Waals surface area contributed by atoms with E-state index in [1.807, 2.05) is 4.90 Å². The Morgan fingerprint density at radius 1 is 1.22 bits per heavy atom. The smallest absolute Gasteiger partial charge is 0.222 e. The Balaban J connectivity index is 1.71. The predicted molar refractivity (Wildman–Crippen MR) is 71.9 cm³/mol. The lowest BCUT2D eigenvalue weighted by atomic mass is 10.2. The van der Waals surface area contributed by atoms with E-state index in [9.17, 15) is 4.79 Å². The molecule has 2 rings (SSSR count). The van der Waals surface area contributed by atoms with Crippen LogP contribution < -0.4 is 0 Å². The van der Waals surface area contributed by atoms with Gasteiger partial charge in [-0.05, 0) is 19.3 Å². The Kier molecular flexibility index (Phi) is 5.73. The summed E-state index contributed by atoms with van der Waals surface area (Å²) < 4.78 is 5.36. The van der Waals surface area contributed by atoms with Crippen LogP contribution in [0.25, 0.3) is 0 Å². The van der Waals surface area contributed by atoms with Gasteiger partial charge in [-0.15, -0.1) is 11.6 Å². The monoisotopic (exact) mass is 274 g/mol. The summed E-state index contributed by atoms with van der Waals surface area (Å²) in [6.45, 7) is 5.51. The van der Waals surface area contributed by atoms with Gasteiger partial charge in [-0.2, -0.15) is 0 Å². The summed E-state index contributed by atoms with van der Waals surface area (Å²) in [5.41, 5.74) is 0. The maximum Gasteiger partial charge on any atom is 0.222 e. The molecule has 4 nitrogen and oxygen atoms in total. The molecule has 0 bridgehead atoms. The highest BCUT2D eigenvalue weighted by atomic mass is 35.5. The molecular formula is C13H23ClN2O2. The minimum absolute atomic E-state index is 0.302. The average Bonchev–Trinajstić information content (AvgIpc) is 2.89. The van der Waals surface area contributed by atoms with Crippen molar-refractivity contribution in [3.05, 3.63) is 0 Å². The van der Waals surface area contributed by atoms with E-state index in [0.717, 1.165) is 58.7 Å². The van der Waals surface area contributed by atoms with E-state index >= 15 is 0 Å². The van der Waals surface area contributed by atoms with Crippen LogP contribution in [0.15, 0.2) is 0 Å². The quantitative estimate of drug-likeness (QED) is 0.560. The van der Waals surface area contributed by atoms with Gasteiger partial charge in [0.1, 0.15) is 0 Å². The molecule has 1 amide bonds. The van der Waals surface area contributed by atoms with Crippen molar-refractivity contribution < 1.29 is 9.53 Å². The van der Waals surface area contributed by atoms with Gasteiger partial charge in [0, 0.05) is 44.5 Å². The minimum atomic E-state index is 0.302. The first-order valence-corrected chi connectivity index (χ1v) is 7.50. The lowest BCUT2D eigenvalue weighted by Crippen LogP contribution is -2.45. The molecular weight excluding hydrogens is 252 g/mol. The lowest BCUT2D eigenvalue weighted by molar-refractivity contribution is -0.130. The molecule has 0 aromatic rings. The summed E-state index contributed by atoms with van der Waals surface area (Å²) in [4.78, 5) is 16.5. The first kappa shape index (κ1) is 14.1. The first-order valence-electron chi connectivity index (χ1n) is 6.97.